The average Bonchev–Trinajstić information content (AvgIpc) is 2.92. The Morgan fingerprint density at radius 2 is 1.96 bits per heavy atom. The largest absolute Gasteiger partial charge is 0.358 e. The van der Waals surface area contributed by atoms with Crippen LogP contribution in [0.4, 0.5) is 4.39 Å². The van der Waals surface area contributed by atoms with Gasteiger partial charge >= 0.3 is 0 Å². The first kappa shape index (κ1) is 14.3. The molecule has 0 saturated heterocycles. The molecule has 0 radical (unpaired) electrons. The lowest BCUT2D eigenvalue weighted by Crippen LogP contribution is -2.35. The van der Waals surface area contributed by atoms with Gasteiger partial charge in [0.25, 0.3) is 5.91 Å². The minimum atomic E-state index is -0.263. The van der Waals surface area contributed by atoms with Crippen molar-refractivity contribution in [3.8, 4) is 0 Å². The van der Waals surface area contributed by atoms with Crippen molar-refractivity contribution in [3.63, 3.8) is 0 Å². The van der Waals surface area contributed by atoms with Gasteiger partial charge in [0.15, 0.2) is 0 Å². The number of aromatic amines is 1. The summed E-state index contributed by atoms with van der Waals surface area (Å²) in [5.74, 6) is -0.293. The van der Waals surface area contributed by atoms with E-state index < -0.39 is 0 Å². The van der Waals surface area contributed by atoms with E-state index in [2.05, 4.69) is 4.98 Å². The number of amides is 1. The molecule has 1 aliphatic heterocycles. The van der Waals surface area contributed by atoms with Gasteiger partial charge in [-0.25, -0.2) is 4.39 Å². The molecule has 0 bridgehead atoms. The monoisotopic (exact) mass is 328 g/mol. The SMILES string of the molecule is O=C(c1ccc(Cl)cc1)N1CCc2[nH]c3ccc(F)cc3c2C1. The fraction of sp³-hybridized carbons (Fsp3) is 0.167. The number of fused-ring (bicyclic) bond motifs is 3. The first-order valence-electron chi connectivity index (χ1n) is 7.45. The second-order valence-corrected chi connectivity index (χ2v) is 6.19. The van der Waals surface area contributed by atoms with Crippen molar-refractivity contribution >= 4 is 28.4 Å². The van der Waals surface area contributed by atoms with Crippen LogP contribution in [0, 0.1) is 5.82 Å². The summed E-state index contributed by atoms with van der Waals surface area (Å²) in [7, 11) is 0. The Hall–Kier alpha value is -2.33. The Kier molecular flexibility index (Phi) is 3.34. The van der Waals surface area contributed by atoms with Crippen LogP contribution in [0.15, 0.2) is 42.5 Å². The van der Waals surface area contributed by atoms with E-state index in [1.54, 1.807) is 35.2 Å². The zero-order valence-corrected chi connectivity index (χ0v) is 13.0. The summed E-state index contributed by atoms with van der Waals surface area (Å²) in [6.07, 6.45) is 0.741. The van der Waals surface area contributed by atoms with E-state index in [1.165, 1.54) is 12.1 Å². The Labute approximate surface area is 137 Å². The second kappa shape index (κ2) is 5.39. The van der Waals surface area contributed by atoms with Crippen molar-refractivity contribution in [2.24, 2.45) is 0 Å². The molecule has 0 unspecified atom stereocenters. The molecule has 4 rings (SSSR count). The normalized spacial score (nSPS) is 14.1. The number of nitrogens with zero attached hydrogens (tertiary/aromatic N) is 1. The lowest BCUT2D eigenvalue weighted by molar-refractivity contribution is 0.0735. The third-order valence-corrected chi connectivity index (χ3v) is 4.57. The molecule has 0 saturated carbocycles. The van der Waals surface area contributed by atoms with Crippen LogP contribution < -0.4 is 0 Å². The summed E-state index contributed by atoms with van der Waals surface area (Å²) in [4.78, 5) is 17.8. The Morgan fingerprint density at radius 1 is 1.17 bits per heavy atom. The van der Waals surface area contributed by atoms with Crippen molar-refractivity contribution in [1.82, 2.24) is 9.88 Å². The van der Waals surface area contributed by atoms with Crippen molar-refractivity contribution < 1.29 is 9.18 Å². The molecule has 0 spiro atoms. The fourth-order valence-electron chi connectivity index (χ4n) is 3.13. The van der Waals surface area contributed by atoms with Gasteiger partial charge in [-0.15, -0.1) is 0 Å². The first-order valence-corrected chi connectivity index (χ1v) is 7.83. The van der Waals surface area contributed by atoms with Crippen LogP contribution in [0.5, 0.6) is 0 Å². The maximum absolute atomic E-state index is 13.5. The Morgan fingerprint density at radius 3 is 2.74 bits per heavy atom. The van der Waals surface area contributed by atoms with E-state index in [1.807, 2.05) is 0 Å². The van der Waals surface area contributed by atoms with Crippen LogP contribution in [0.25, 0.3) is 10.9 Å². The minimum Gasteiger partial charge on any atom is -0.358 e. The molecule has 116 valence electrons. The number of hydrogen-bond donors (Lipinski definition) is 1. The smallest absolute Gasteiger partial charge is 0.254 e. The van der Waals surface area contributed by atoms with Crippen LogP contribution in [0.3, 0.4) is 0 Å². The topological polar surface area (TPSA) is 36.1 Å². The molecule has 0 fully saturated rings. The molecule has 1 aliphatic rings. The predicted molar refractivity (Wildman–Crippen MR) is 88.2 cm³/mol. The number of hydrogen-bond acceptors (Lipinski definition) is 1. The van der Waals surface area contributed by atoms with E-state index >= 15 is 0 Å². The quantitative estimate of drug-likeness (QED) is 0.715. The lowest BCUT2D eigenvalue weighted by Gasteiger charge is -2.27. The number of nitrogens with one attached hydrogen (secondary N) is 1. The molecule has 2 heterocycles. The lowest BCUT2D eigenvalue weighted by atomic mass is 10.0. The standard InChI is InChI=1S/C18H14ClFN2O/c19-12-3-1-11(2-4-12)18(23)22-8-7-17-15(10-22)14-9-13(20)5-6-16(14)21-17/h1-6,9,21H,7-8,10H2. The summed E-state index contributed by atoms with van der Waals surface area (Å²) in [6, 6.07) is 11.6. The predicted octanol–water partition coefficient (Wildman–Crippen LogP) is 4.16. The van der Waals surface area contributed by atoms with Gasteiger partial charge in [0.2, 0.25) is 0 Å². The molecule has 1 aromatic heterocycles. The van der Waals surface area contributed by atoms with Gasteiger partial charge in [0.05, 0.1) is 0 Å². The van der Waals surface area contributed by atoms with Gasteiger partial charge in [-0.3, -0.25) is 4.79 Å². The molecule has 3 nitrogen and oxygen atoms in total. The molecule has 2 aromatic carbocycles. The molecule has 3 aromatic rings. The Bertz CT molecular complexity index is 901. The van der Waals surface area contributed by atoms with Gasteiger partial charge in [0.1, 0.15) is 5.82 Å². The number of H-pyrrole nitrogens is 1. The summed E-state index contributed by atoms with van der Waals surface area (Å²) >= 11 is 5.87. The van der Waals surface area contributed by atoms with Crippen molar-refractivity contribution in [3.05, 3.63) is 70.1 Å². The van der Waals surface area contributed by atoms with Crippen LogP contribution in [0.2, 0.25) is 5.02 Å². The number of carbonyl (C=O) groups excluding carboxylic acids is 1. The molecule has 1 N–H and O–H groups in total. The maximum atomic E-state index is 13.5. The highest BCUT2D eigenvalue weighted by atomic mass is 35.5. The molecule has 23 heavy (non-hydrogen) atoms. The third-order valence-electron chi connectivity index (χ3n) is 4.32. The zero-order valence-electron chi connectivity index (χ0n) is 12.3. The average molecular weight is 329 g/mol. The van der Waals surface area contributed by atoms with Gasteiger partial charge in [0, 0.05) is 52.3 Å². The number of benzene rings is 2. The van der Waals surface area contributed by atoms with Crippen LogP contribution in [-0.4, -0.2) is 22.3 Å². The van der Waals surface area contributed by atoms with Gasteiger partial charge < -0.3 is 9.88 Å². The summed E-state index contributed by atoms with van der Waals surface area (Å²) in [6.45, 7) is 1.13. The van der Waals surface area contributed by atoms with Gasteiger partial charge in [-0.05, 0) is 42.5 Å². The number of aromatic nitrogens is 1. The van der Waals surface area contributed by atoms with Crippen LogP contribution in [-0.2, 0) is 13.0 Å². The first-order chi connectivity index (χ1) is 11.1. The highest BCUT2D eigenvalue weighted by Gasteiger charge is 2.24. The number of halogens is 2. The van der Waals surface area contributed by atoms with Crippen molar-refractivity contribution in [2.45, 2.75) is 13.0 Å². The number of carbonyl (C=O) groups is 1. The molecule has 0 atom stereocenters. The van der Waals surface area contributed by atoms with Gasteiger partial charge in [-0.2, -0.15) is 0 Å². The van der Waals surface area contributed by atoms with E-state index in [0.29, 0.717) is 23.7 Å². The molecular formula is C18H14ClFN2O. The van der Waals surface area contributed by atoms with Gasteiger partial charge in [-0.1, -0.05) is 11.6 Å². The van der Waals surface area contributed by atoms with Crippen LogP contribution >= 0.6 is 11.6 Å². The summed E-state index contributed by atoms with van der Waals surface area (Å²) < 4.78 is 13.5. The van der Waals surface area contributed by atoms with Crippen LogP contribution in [0.1, 0.15) is 21.6 Å². The fourth-order valence-corrected chi connectivity index (χ4v) is 3.26. The maximum Gasteiger partial charge on any atom is 0.254 e. The summed E-state index contributed by atoms with van der Waals surface area (Å²) in [5, 5.41) is 1.46. The third kappa shape index (κ3) is 2.49. The van der Waals surface area contributed by atoms with Crippen molar-refractivity contribution in [1.29, 1.82) is 0 Å². The van der Waals surface area contributed by atoms with E-state index in [-0.39, 0.29) is 11.7 Å². The molecule has 5 heteroatoms. The molecule has 1 amide bonds. The zero-order chi connectivity index (χ0) is 16.0. The van der Waals surface area contributed by atoms with Crippen molar-refractivity contribution in [2.75, 3.05) is 6.54 Å². The highest BCUT2D eigenvalue weighted by Crippen LogP contribution is 2.29. The number of rotatable bonds is 1. The molecular weight excluding hydrogens is 315 g/mol. The van der Waals surface area contributed by atoms with E-state index in [0.717, 1.165) is 28.6 Å². The summed E-state index contributed by atoms with van der Waals surface area (Å²) in [5.41, 5.74) is 3.62. The molecule has 0 aliphatic carbocycles. The second-order valence-electron chi connectivity index (χ2n) is 5.76. The van der Waals surface area contributed by atoms with E-state index in [4.69, 9.17) is 11.6 Å². The minimum absolute atomic E-state index is 0.0296. The highest BCUT2D eigenvalue weighted by molar-refractivity contribution is 6.30. The van der Waals surface area contributed by atoms with E-state index in [9.17, 15) is 9.18 Å². The Balaban J connectivity index is 1.67.